The first-order valence-electron chi connectivity index (χ1n) is 4.77. The van der Waals surface area contributed by atoms with E-state index >= 15 is 0 Å². The Labute approximate surface area is 84.0 Å². The number of imidazole rings is 1. The molecule has 14 heavy (non-hydrogen) atoms. The fraction of sp³-hybridized carbons (Fsp3) is 0.250. The summed E-state index contributed by atoms with van der Waals surface area (Å²) < 4.78 is 0. The van der Waals surface area contributed by atoms with Crippen LogP contribution in [0.5, 0.6) is 0 Å². The van der Waals surface area contributed by atoms with Crippen molar-refractivity contribution in [2.75, 3.05) is 0 Å². The van der Waals surface area contributed by atoms with Gasteiger partial charge in [-0.3, -0.25) is 0 Å². The second-order valence-corrected chi connectivity index (χ2v) is 3.66. The third kappa shape index (κ3) is 1.55. The summed E-state index contributed by atoms with van der Waals surface area (Å²) in [6, 6.07) is 8.38. The van der Waals surface area contributed by atoms with Gasteiger partial charge in [0.25, 0.3) is 0 Å². The van der Waals surface area contributed by atoms with E-state index in [4.69, 9.17) is 0 Å². The minimum absolute atomic E-state index is 0.958. The largest absolute Gasteiger partial charge is 0.342 e. The fourth-order valence-corrected chi connectivity index (χ4v) is 1.40. The Hall–Kier alpha value is -1.57. The maximum Gasteiger partial charge on any atom is 0.137 e. The molecule has 0 aliphatic heterocycles. The lowest BCUT2D eigenvalue weighted by atomic mass is 10.1. The zero-order valence-corrected chi connectivity index (χ0v) is 8.76. The summed E-state index contributed by atoms with van der Waals surface area (Å²) in [6.07, 6.45) is 0. The minimum atomic E-state index is 0.958. The van der Waals surface area contributed by atoms with Gasteiger partial charge in [0.2, 0.25) is 0 Å². The van der Waals surface area contributed by atoms with Crippen LogP contribution in [0.1, 0.15) is 17.0 Å². The standard InChI is InChI=1S/C12H14N2/c1-8-4-6-11(7-5-8)12-13-9(2)10(3)14-12/h4-7H,1-3H3,(H,13,14). The van der Waals surface area contributed by atoms with Crippen LogP contribution in [0.25, 0.3) is 11.4 Å². The summed E-state index contributed by atoms with van der Waals surface area (Å²) >= 11 is 0. The van der Waals surface area contributed by atoms with Crippen molar-refractivity contribution < 1.29 is 0 Å². The molecule has 2 heteroatoms. The molecule has 0 aliphatic rings. The van der Waals surface area contributed by atoms with E-state index in [9.17, 15) is 0 Å². The number of H-pyrrole nitrogens is 1. The van der Waals surface area contributed by atoms with E-state index in [1.165, 1.54) is 5.56 Å². The molecule has 2 nitrogen and oxygen atoms in total. The summed E-state index contributed by atoms with van der Waals surface area (Å²) in [5.41, 5.74) is 4.63. The van der Waals surface area contributed by atoms with Gasteiger partial charge in [-0.2, -0.15) is 0 Å². The van der Waals surface area contributed by atoms with Gasteiger partial charge < -0.3 is 4.98 Å². The second kappa shape index (κ2) is 3.29. The van der Waals surface area contributed by atoms with Crippen molar-refractivity contribution in [2.24, 2.45) is 0 Å². The Morgan fingerprint density at radius 3 is 2.14 bits per heavy atom. The van der Waals surface area contributed by atoms with E-state index in [1.54, 1.807) is 0 Å². The molecule has 1 N–H and O–H groups in total. The Bertz CT molecular complexity index is 418. The highest BCUT2D eigenvalue weighted by molar-refractivity contribution is 5.56. The number of hydrogen-bond donors (Lipinski definition) is 1. The lowest BCUT2D eigenvalue weighted by Crippen LogP contribution is -1.80. The van der Waals surface area contributed by atoms with E-state index in [0.717, 1.165) is 22.8 Å². The number of aryl methyl sites for hydroxylation is 3. The highest BCUT2D eigenvalue weighted by Crippen LogP contribution is 2.17. The number of aromatic nitrogens is 2. The molecule has 0 bridgehead atoms. The molecule has 2 aromatic rings. The normalized spacial score (nSPS) is 10.5. The predicted molar refractivity (Wildman–Crippen MR) is 58.2 cm³/mol. The smallest absolute Gasteiger partial charge is 0.137 e. The lowest BCUT2D eigenvalue weighted by Gasteiger charge is -1.96. The molecule has 1 heterocycles. The third-order valence-corrected chi connectivity index (χ3v) is 2.45. The molecule has 0 atom stereocenters. The molecule has 0 spiro atoms. The Morgan fingerprint density at radius 1 is 1.00 bits per heavy atom. The van der Waals surface area contributed by atoms with Gasteiger partial charge in [0, 0.05) is 11.3 Å². The first-order valence-corrected chi connectivity index (χ1v) is 4.77. The summed E-state index contributed by atoms with van der Waals surface area (Å²) in [5, 5.41) is 0. The first-order chi connectivity index (χ1) is 6.66. The van der Waals surface area contributed by atoms with Gasteiger partial charge in [0.15, 0.2) is 0 Å². The molecule has 1 aromatic carbocycles. The highest BCUT2D eigenvalue weighted by Gasteiger charge is 2.03. The zero-order valence-electron chi connectivity index (χ0n) is 8.76. The van der Waals surface area contributed by atoms with Gasteiger partial charge in [-0.1, -0.05) is 29.8 Å². The average Bonchev–Trinajstić information content (AvgIpc) is 2.48. The van der Waals surface area contributed by atoms with E-state index in [0.29, 0.717) is 0 Å². The monoisotopic (exact) mass is 186 g/mol. The molecule has 0 unspecified atom stereocenters. The van der Waals surface area contributed by atoms with E-state index < -0.39 is 0 Å². The molecule has 0 amide bonds. The summed E-state index contributed by atoms with van der Waals surface area (Å²) in [5.74, 6) is 0.958. The number of benzene rings is 1. The molecule has 0 radical (unpaired) electrons. The second-order valence-electron chi connectivity index (χ2n) is 3.66. The Balaban J connectivity index is 2.44. The fourth-order valence-electron chi connectivity index (χ4n) is 1.40. The molecular formula is C12H14N2. The van der Waals surface area contributed by atoms with Crippen molar-refractivity contribution in [1.29, 1.82) is 0 Å². The predicted octanol–water partition coefficient (Wildman–Crippen LogP) is 3.00. The van der Waals surface area contributed by atoms with Crippen molar-refractivity contribution in [2.45, 2.75) is 20.8 Å². The SMILES string of the molecule is Cc1ccc(-c2nc(C)c(C)[nH]2)cc1. The quantitative estimate of drug-likeness (QED) is 0.728. The number of nitrogens with one attached hydrogen (secondary N) is 1. The third-order valence-electron chi connectivity index (χ3n) is 2.45. The van der Waals surface area contributed by atoms with E-state index in [2.05, 4.69) is 41.2 Å². The summed E-state index contributed by atoms with van der Waals surface area (Å²) in [6.45, 7) is 6.14. The van der Waals surface area contributed by atoms with Gasteiger partial charge in [-0.25, -0.2) is 4.98 Å². The van der Waals surface area contributed by atoms with Gasteiger partial charge in [0.1, 0.15) is 5.82 Å². The van der Waals surface area contributed by atoms with Crippen LogP contribution in [0.2, 0.25) is 0 Å². The van der Waals surface area contributed by atoms with Crippen LogP contribution < -0.4 is 0 Å². The number of hydrogen-bond acceptors (Lipinski definition) is 1. The molecule has 0 fully saturated rings. The molecular weight excluding hydrogens is 172 g/mol. The van der Waals surface area contributed by atoms with Gasteiger partial charge >= 0.3 is 0 Å². The van der Waals surface area contributed by atoms with Crippen molar-refractivity contribution in [1.82, 2.24) is 9.97 Å². The van der Waals surface area contributed by atoms with Gasteiger partial charge in [0.05, 0.1) is 5.69 Å². The van der Waals surface area contributed by atoms with E-state index in [-0.39, 0.29) is 0 Å². The van der Waals surface area contributed by atoms with Gasteiger partial charge in [-0.05, 0) is 20.8 Å². The molecule has 1 aromatic heterocycles. The van der Waals surface area contributed by atoms with Crippen LogP contribution in [-0.4, -0.2) is 9.97 Å². The van der Waals surface area contributed by atoms with Crippen LogP contribution in [0.3, 0.4) is 0 Å². The zero-order chi connectivity index (χ0) is 10.1. The van der Waals surface area contributed by atoms with Crippen LogP contribution in [0.15, 0.2) is 24.3 Å². The number of nitrogens with zero attached hydrogens (tertiary/aromatic N) is 1. The van der Waals surface area contributed by atoms with Crippen LogP contribution >= 0.6 is 0 Å². The number of aromatic amines is 1. The summed E-state index contributed by atoms with van der Waals surface area (Å²) in [7, 11) is 0. The topological polar surface area (TPSA) is 28.7 Å². The molecule has 2 rings (SSSR count). The van der Waals surface area contributed by atoms with Gasteiger partial charge in [-0.15, -0.1) is 0 Å². The van der Waals surface area contributed by atoms with Crippen LogP contribution in [-0.2, 0) is 0 Å². The maximum absolute atomic E-state index is 4.45. The Kier molecular flexibility index (Phi) is 2.12. The lowest BCUT2D eigenvalue weighted by molar-refractivity contribution is 1.22. The molecule has 72 valence electrons. The Morgan fingerprint density at radius 2 is 1.64 bits per heavy atom. The summed E-state index contributed by atoms with van der Waals surface area (Å²) in [4.78, 5) is 7.72. The van der Waals surface area contributed by atoms with Crippen molar-refractivity contribution in [3.05, 3.63) is 41.2 Å². The highest BCUT2D eigenvalue weighted by atomic mass is 14.9. The van der Waals surface area contributed by atoms with E-state index in [1.807, 2.05) is 13.8 Å². The molecule has 0 saturated heterocycles. The maximum atomic E-state index is 4.45. The molecule has 0 aliphatic carbocycles. The minimum Gasteiger partial charge on any atom is -0.342 e. The van der Waals surface area contributed by atoms with Crippen LogP contribution in [0, 0.1) is 20.8 Å². The first kappa shape index (κ1) is 9.00. The van der Waals surface area contributed by atoms with Crippen LogP contribution in [0.4, 0.5) is 0 Å². The van der Waals surface area contributed by atoms with Crippen molar-refractivity contribution in [3.63, 3.8) is 0 Å². The molecule has 0 saturated carbocycles. The van der Waals surface area contributed by atoms with Crippen molar-refractivity contribution in [3.8, 4) is 11.4 Å². The van der Waals surface area contributed by atoms with Crippen molar-refractivity contribution >= 4 is 0 Å². The number of rotatable bonds is 1. The average molecular weight is 186 g/mol.